The largest absolute Gasteiger partial charge is 0.338 e. The van der Waals surface area contributed by atoms with Gasteiger partial charge in [-0.2, -0.15) is 0 Å². The first-order valence-electron chi connectivity index (χ1n) is 10.2. The van der Waals surface area contributed by atoms with E-state index in [1.54, 1.807) is 12.1 Å². The standard InChI is InChI=1S/C24H26F2N2O/c1-2-18-4-7-20(8-5-18)23(29)28-13-11-24(17-28)10-3-12-27(16-24)15-19-6-9-21(25)22(26)14-19/h2,4-9,14H,1,3,10-13,15-17H2. The van der Waals surface area contributed by atoms with Crippen LogP contribution in [0.5, 0.6) is 0 Å². The summed E-state index contributed by atoms with van der Waals surface area (Å²) in [6.07, 6.45) is 4.90. The molecular formula is C24H26F2N2O. The zero-order valence-electron chi connectivity index (χ0n) is 16.5. The minimum atomic E-state index is -0.810. The molecule has 2 fully saturated rings. The average Bonchev–Trinajstić information content (AvgIpc) is 3.13. The number of nitrogens with zero attached hydrogens (tertiary/aromatic N) is 2. The van der Waals surface area contributed by atoms with Gasteiger partial charge in [0.1, 0.15) is 0 Å². The smallest absolute Gasteiger partial charge is 0.253 e. The first-order valence-corrected chi connectivity index (χ1v) is 10.2. The van der Waals surface area contributed by atoms with Gasteiger partial charge in [0.15, 0.2) is 11.6 Å². The van der Waals surface area contributed by atoms with Crippen LogP contribution >= 0.6 is 0 Å². The number of piperidine rings is 1. The number of carbonyl (C=O) groups is 1. The predicted octanol–water partition coefficient (Wildman–Crippen LogP) is 4.74. The third kappa shape index (κ3) is 4.25. The normalized spacial score (nSPS) is 22.2. The van der Waals surface area contributed by atoms with E-state index in [0.29, 0.717) is 12.1 Å². The quantitative estimate of drug-likeness (QED) is 0.746. The van der Waals surface area contributed by atoms with Gasteiger partial charge in [-0.05, 0) is 61.2 Å². The van der Waals surface area contributed by atoms with Crippen molar-refractivity contribution >= 4 is 12.0 Å². The fourth-order valence-electron chi connectivity index (χ4n) is 4.73. The van der Waals surface area contributed by atoms with Crippen LogP contribution in [0.25, 0.3) is 6.08 Å². The lowest BCUT2D eigenvalue weighted by molar-refractivity contribution is 0.0675. The Balaban J connectivity index is 1.41. The summed E-state index contributed by atoms with van der Waals surface area (Å²) in [5, 5.41) is 0. The highest BCUT2D eigenvalue weighted by Crippen LogP contribution is 2.39. The molecule has 0 saturated carbocycles. The van der Waals surface area contributed by atoms with Gasteiger partial charge in [-0.15, -0.1) is 0 Å². The van der Waals surface area contributed by atoms with Crippen molar-refractivity contribution in [2.45, 2.75) is 25.8 Å². The van der Waals surface area contributed by atoms with Crippen LogP contribution < -0.4 is 0 Å². The first-order chi connectivity index (χ1) is 14.0. The Labute approximate surface area is 170 Å². The maximum Gasteiger partial charge on any atom is 0.253 e. The van der Waals surface area contributed by atoms with Gasteiger partial charge in [0.05, 0.1) is 0 Å². The molecular weight excluding hydrogens is 370 g/mol. The van der Waals surface area contributed by atoms with Crippen LogP contribution in [0.2, 0.25) is 0 Å². The second-order valence-corrected chi connectivity index (χ2v) is 8.37. The minimum absolute atomic E-state index is 0.0789. The van der Waals surface area contributed by atoms with Crippen LogP contribution in [0.4, 0.5) is 8.78 Å². The lowest BCUT2D eigenvalue weighted by atomic mass is 9.79. The molecule has 1 spiro atoms. The van der Waals surface area contributed by atoms with E-state index in [1.807, 2.05) is 29.2 Å². The second kappa shape index (κ2) is 8.07. The summed E-state index contributed by atoms with van der Waals surface area (Å²) in [4.78, 5) is 17.2. The number of amides is 1. The van der Waals surface area contributed by atoms with Crippen LogP contribution in [0.15, 0.2) is 49.0 Å². The summed E-state index contributed by atoms with van der Waals surface area (Å²) in [6.45, 7) is 7.69. The molecule has 29 heavy (non-hydrogen) atoms. The molecule has 0 N–H and O–H groups in total. The third-order valence-electron chi connectivity index (χ3n) is 6.25. The summed E-state index contributed by atoms with van der Waals surface area (Å²) in [6, 6.07) is 11.7. The van der Waals surface area contributed by atoms with Gasteiger partial charge in [0.2, 0.25) is 0 Å². The number of benzene rings is 2. The molecule has 0 aliphatic carbocycles. The van der Waals surface area contributed by atoms with Crippen molar-refractivity contribution in [2.75, 3.05) is 26.2 Å². The summed E-state index contributed by atoms with van der Waals surface area (Å²) in [5.41, 5.74) is 2.59. The van der Waals surface area contributed by atoms with Gasteiger partial charge >= 0.3 is 0 Å². The lowest BCUT2D eigenvalue weighted by Gasteiger charge is -2.40. The molecule has 152 valence electrons. The van der Waals surface area contributed by atoms with Crippen molar-refractivity contribution in [3.63, 3.8) is 0 Å². The summed E-state index contributed by atoms with van der Waals surface area (Å²) < 4.78 is 26.7. The molecule has 0 aromatic heterocycles. The van der Waals surface area contributed by atoms with E-state index in [4.69, 9.17) is 0 Å². The van der Waals surface area contributed by atoms with Crippen molar-refractivity contribution in [3.05, 3.63) is 77.4 Å². The van der Waals surface area contributed by atoms with Crippen LogP contribution in [0.1, 0.15) is 40.7 Å². The molecule has 0 radical (unpaired) electrons. The zero-order valence-corrected chi connectivity index (χ0v) is 16.5. The molecule has 2 aliphatic heterocycles. The lowest BCUT2D eigenvalue weighted by Crippen LogP contribution is -2.45. The average molecular weight is 396 g/mol. The van der Waals surface area contributed by atoms with Crippen molar-refractivity contribution in [1.29, 1.82) is 0 Å². The van der Waals surface area contributed by atoms with Crippen LogP contribution in [0, 0.1) is 17.0 Å². The van der Waals surface area contributed by atoms with Crippen LogP contribution in [-0.4, -0.2) is 41.9 Å². The molecule has 0 bridgehead atoms. The summed E-state index contributed by atoms with van der Waals surface area (Å²) in [7, 11) is 0. The van der Waals surface area contributed by atoms with Crippen LogP contribution in [-0.2, 0) is 6.54 Å². The molecule has 2 aromatic rings. The van der Waals surface area contributed by atoms with Crippen molar-refractivity contribution in [1.82, 2.24) is 9.80 Å². The molecule has 1 amide bonds. The third-order valence-corrected chi connectivity index (χ3v) is 6.25. The molecule has 3 nitrogen and oxygen atoms in total. The Morgan fingerprint density at radius 2 is 1.83 bits per heavy atom. The summed E-state index contributed by atoms with van der Waals surface area (Å²) in [5.74, 6) is -1.53. The highest BCUT2D eigenvalue weighted by atomic mass is 19.2. The zero-order chi connectivity index (χ0) is 20.4. The Hall–Kier alpha value is -2.53. The van der Waals surface area contributed by atoms with Gasteiger partial charge in [-0.25, -0.2) is 8.78 Å². The first kappa shape index (κ1) is 19.8. The number of halogens is 2. The summed E-state index contributed by atoms with van der Waals surface area (Å²) >= 11 is 0. The maximum absolute atomic E-state index is 13.5. The molecule has 1 atom stereocenters. The Morgan fingerprint density at radius 3 is 2.55 bits per heavy atom. The van der Waals surface area contributed by atoms with Gasteiger partial charge in [0.25, 0.3) is 5.91 Å². The van der Waals surface area contributed by atoms with E-state index in [2.05, 4.69) is 11.5 Å². The van der Waals surface area contributed by atoms with Crippen molar-refractivity contribution < 1.29 is 13.6 Å². The number of hydrogen-bond acceptors (Lipinski definition) is 2. The van der Waals surface area contributed by atoms with E-state index >= 15 is 0 Å². The Bertz CT molecular complexity index is 912. The SMILES string of the molecule is C=Cc1ccc(C(=O)N2CCC3(CCCN(Cc4ccc(F)c(F)c4)C3)C2)cc1. The predicted molar refractivity (Wildman–Crippen MR) is 110 cm³/mol. The molecule has 2 aliphatic rings. The van der Waals surface area contributed by atoms with E-state index in [0.717, 1.165) is 56.6 Å². The molecule has 2 saturated heterocycles. The highest BCUT2D eigenvalue weighted by molar-refractivity contribution is 5.94. The molecule has 5 heteroatoms. The van der Waals surface area contributed by atoms with Gasteiger partial charge in [0, 0.05) is 37.2 Å². The fraction of sp³-hybridized carbons (Fsp3) is 0.375. The van der Waals surface area contributed by atoms with E-state index in [1.165, 1.54) is 12.1 Å². The Kier molecular flexibility index (Phi) is 5.50. The van der Waals surface area contributed by atoms with Gasteiger partial charge < -0.3 is 4.90 Å². The van der Waals surface area contributed by atoms with Gasteiger partial charge in [-0.1, -0.05) is 30.9 Å². The fourth-order valence-corrected chi connectivity index (χ4v) is 4.73. The van der Waals surface area contributed by atoms with Gasteiger partial charge in [-0.3, -0.25) is 9.69 Å². The van der Waals surface area contributed by atoms with Crippen LogP contribution in [0.3, 0.4) is 0 Å². The number of hydrogen-bond donors (Lipinski definition) is 0. The number of carbonyl (C=O) groups excluding carboxylic acids is 1. The molecule has 4 rings (SSSR count). The maximum atomic E-state index is 13.5. The Morgan fingerprint density at radius 1 is 1.03 bits per heavy atom. The minimum Gasteiger partial charge on any atom is -0.338 e. The van der Waals surface area contributed by atoms with Crippen molar-refractivity contribution in [3.8, 4) is 0 Å². The number of likely N-dealkylation sites (tertiary alicyclic amines) is 2. The topological polar surface area (TPSA) is 23.6 Å². The second-order valence-electron chi connectivity index (χ2n) is 8.37. The van der Waals surface area contributed by atoms with Crippen molar-refractivity contribution in [2.24, 2.45) is 5.41 Å². The molecule has 1 unspecified atom stereocenters. The van der Waals surface area contributed by atoms with E-state index in [9.17, 15) is 13.6 Å². The molecule has 2 aromatic carbocycles. The van der Waals surface area contributed by atoms with E-state index < -0.39 is 11.6 Å². The monoisotopic (exact) mass is 396 g/mol. The highest BCUT2D eigenvalue weighted by Gasteiger charge is 2.42. The van der Waals surface area contributed by atoms with E-state index in [-0.39, 0.29) is 11.3 Å². The number of rotatable bonds is 4. The molecule has 2 heterocycles.